The van der Waals surface area contributed by atoms with Crippen molar-refractivity contribution >= 4 is 11.9 Å². The molecule has 0 heterocycles. The zero-order valence-electron chi connectivity index (χ0n) is 37.5. The second-order valence-corrected chi connectivity index (χ2v) is 22.2. The van der Waals surface area contributed by atoms with Crippen LogP contribution < -0.4 is 0 Å². The zero-order valence-corrected chi connectivity index (χ0v) is 37.5. The summed E-state index contributed by atoms with van der Waals surface area (Å²) in [6, 6.07) is 0. The highest BCUT2D eigenvalue weighted by Crippen LogP contribution is 2.66. The van der Waals surface area contributed by atoms with Crippen molar-refractivity contribution in [1.29, 1.82) is 0 Å². The summed E-state index contributed by atoms with van der Waals surface area (Å²) in [5.41, 5.74) is -0.644. The second-order valence-electron chi connectivity index (χ2n) is 22.2. The molecule has 0 saturated heterocycles. The fourth-order valence-corrected chi connectivity index (χ4v) is 14.9. The van der Waals surface area contributed by atoms with E-state index in [1.54, 1.807) is 0 Å². The molecule has 6 saturated carbocycles. The number of hydrogen-bond acceptors (Lipinski definition) is 8. The van der Waals surface area contributed by atoms with Crippen LogP contribution in [0.5, 0.6) is 0 Å². The highest BCUT2D eigenvalue weighted by molar-refractivity contribution is 5.77. The minimum Gasteiger partial charge on any atom is -0.462 e. The van der Waals surface area contributed by atoms with Crippen LogP contribution in [0.4, 0.5) is 0 Å². The lowest BCUT2D eigenvalue weighted by atomic mass is 9.43. The van der Waals surface area contributed by atoms with Crippen molar-refractivity contribution < 1.29 is 38.7 Å². The molecule has 0 amide bonds. The lowest BCUT2D eigenvalue weighted by Crippen LogP contribution is -2.56. The monoisotopic (exact) mass is 801 g/mol. The molecule has 0 aliphatic heterocycles. The highest BCUT2D eigenvalue weighted by Gasteiger charge is 2.61. The maximum absolute atomic E-state index is 13.7. The van der Waals surface area contributed by atoms with Crippen LogP contribution in [0, 0.1) is 80.8 Å². The Bertz CT molecular complexity index is 1240. The van der Waals surface area contributed by atoms with Crippen LogP contribution >= 0.6 is 0 Å². The van der Waals surface area contributed by atoms with E-state index in [0.29, 0.717) is 43.3 Å². The molecule has 0 aromatic carbocycles. The predicted molar refractivity (Wildman–Crippen MR) is 224 cm³/mol. The van der Waals surface area contributed by atoms with Crippen LogP contribution in [-0.2, 0) is 28.5 Å². The van der Waals surface area contributed by atoms with Gasteiger partial charge in [-0.05, 0) is 180 Å². The first-order valence-corrected chi connectivity index (χ1v) is 23.9. The third-order valence-electron chi connectivity index (χ3n) is 18.2. The summed E-state index contributed by atoms with van der Waals surface area (Å²) in [6.07, 6.45) is 17.7. The fourth-order valence-electron chi connectivity index (χ4n) is 14.9. The van der Waals surface area contributed by atoms with Crippen LogP contribution in [0.25, 0.3) is 0 Å². The maximum Gasteiger partial charge on any atom is 0.312 e. The molecule has 8 nitrogen and oxygen atoms in total. The Morgan fingerprint density at radius 2 is 0.965 bits per heavy atom. The molecular formula is C49H84O8. The quantitative estimate of drug-likeness (QED) is 0.117. The minimum atomic E-state index is -0.883. The van der Waals surface area contributed by atoms with E-state index in [-0.39, 0.29) is 49.2 Å². The van der Waals surface area contributed by atoms with Crippen molar-refractivity contribution in [2.24, 2.45) is 80.8 Å². The first-order chi connectivity index (χ1) is 27.0. The Kier molecular flexibility index (Phi) is 15.0. The standard InChI is InChI=1S/C49H84O8/c1-32(2)34-12-16-40-36(26-34)14-18-42-46(40,5)20-9-22-48(42,7)44(52)56-30-38(50)28-54-24-11-25-55-29-39(51)31-57-45(53)49(8)23-10-21-47(6)41-17-13-35(33(3)4)27-37(41)15-19-43(47)49/h32-43,50-51H,9-31H2,1-8H3. The van der Waals surface area contributed by atoms with Gasteiger partial charge in [-0.25, -0.2) is 0 Å². The first kappa shape index (κ1) is 45.3. The summed E-state index contributed by atoms with van der Waals surface area (Å²) in [5.74, 6) is 6.52. The van der Waals surface area contributed by atoms with Crippen LogP contribution in [0.15, 0.2) is 0 Å². The number of carbonyl (C=O) groups is 2. The highest BCUT2D eigenvalue weighted by atomic mass is 16.6. The Morgan fingerprint density at radius 3 is 1.35 bits per heavy atom. The molecule has 6 rings (SSSR count). The molecule has 0 radical (unpaired) electrons. The molecule has 14 unspecified atom stereocenters. The second kappa shape index (κ2) is 18.8. The normalized spacial score (nSPS) is 41.6. The number of esters is 2. The summed E-state index contributed by atoms with van der Waals surface area (Å²) in [4.78, 5) is 27.4. The third kappa shape index (κ3) is 9.49. The van der Waals surface area contributed by atoms with Gasteiger partial charge in [0, 0.05) is 13.2 Å². The summed E-state index contributed by atoms with van der Waals surface area (Å²) in [6.45, 7) is 19.6. The van der Waals surface area contributed by atoms with E-state index in [4.69, 9.17) is 18.9 Å². The number of rotatable bonds is 16. The molecule has 6 aliphatic rings. The van der Waals surface area contributed by atoms with Gasteiger partial charge in [-0.3, -0.25) is 9.59 Å². The van der Waals surface area contributed by atoms with Gasteiger partial charge in [0.05, 0.1) is 24.0 Å². The van der Waals surface area contributed by atoms with E-state index >= 15 is 0 Å². The van der Waals surface area contributed by atoms with E-state index in [9.17, 15) is 19.8 Å². The zero-order chi connectivity index (χ0) is 41.2. The van der Waals surface area contributed by atoms with Gasteiger partial charge >= 0.3 is 11.9 Å². The lowest BCUT2D eigenvalue weighted by Gasteiger charge is -2.61. The van der Waals surface area contributed by atoms with Gasteiger partial charge in [-0.1, -0.05) is 54.4 Å². The van der Waals surface area contributed by atoms with E-state index in [1.165, 1.54) is 64.2 Å². The Balaban J connectivity index is 0.847. The van der Waals surface area contributed by atoms with E-state index in [1.807, 2.05) is 0 Å². The maximum atomic E-state index is 13.7. The van der Waals surface area contributed by atoms with Gasteiger partial charge in [-0.15, -0.1) is 0 Å². The smallest absolute Gasteiger partial charge is 0.312 e. The minimum absolute atomic E-state index is 0.0553. The topological polar surface area (TPSA) is 112 Å². The fraction of sp³-hybridized carbons (Fsp3) is 0.959. The van der Waals surface area contributed by atoms with Crippen molar-refractivity contribution in [1.82, 2.24) is 0 Å². The molecule has 6 fully saturated rings. The molecule has 0 aromatic rings. The van der Waals surface area contributed by atoms with Gasteiger partial charge in [0.1, 0.15) is 25.4 Å². The molecule has 328 valence electrons. The van der Waals surface area contributed by atoms with Crippen molar-refractivity contribution in [3.05, 3.63) is 0 Å². The van der Waals surface area contributed by atoms with Gasteiger partial charge in [0.15, 0.2) is 0 Å². The molecule has 8 heteroatoms. The van der Waals surface area contributed by atoms with Gasteiger partial charge in [0.2, 0.25) is 0 Å². The van der Waals surface area contributed by atoms with E-state index in [2.05, 4.69) is 55.4 Å². The Hall–Kier alpha value is -1.22. The summed E-state index contributed by atoms with van der Waals surface area (Å²) >= 11 is 0. The van der Waals surface area contributed by atoms with E-state index < -0.39 is 23.0 Å². The largest absolute Gasteiger partial charge is 0.462 e. The molecule has 6 aliphatic carbocycles. The molecule has 0 bridgehead atoms. The number of aliphatic hydroxyl groups is 2. The average Bonchev–Trinajstić information content (AvgIpc) is 3.17. The third-order valence-corrected chi connectivity index (χ3v) is 18.2. The van der Waals surface area contributed by atoms with Crippen molar-refractivity contribution in [2.75, 3.05) is 39.6 Å². The van der Waals surface area contributed by atoms with Crippen LogP contribution in [0.2, 0.25) is 0 Å². The number of aliphatic hydroxyl groups excluding tert-OH is 2. The van der Waals surface area contributed by atoms with Crippen LogP contribution in [0.3, 0.4) is 0 Å². The first-order valence-electron chi connectivity index (χ1n) is 23.9. The average molecular weight is 801 g/mol. The molecule has 2 N–H and O–H groups in total. The van der Waals surface area contributed by atoms with Crippen LogP contribution in [0.1, 0.15) is 165 Å². The predicted octanol–water partition coefficient (Wildman–Crippen LogP) is 9.81. The number of fused-ring (bicyclic) bond motifs is 6. The summed E-state index contributed by atoms with van der Waals surface area (Å²) in [5, 5.41) is 21.3. The lowest BCUT2D eigenvalue weighted by molar-refractivity contribution is -0.182. The Morgan fingerprint density at radius 1 is 0.561 bits per heavy atom. The molecule has 14 atom stereocenters. The SMILES string of the molecule is CC(C)C1CCC2C(CCC3C(C)(C(=O)OCC(O)COCCCOCC(O)COC(=O)C4(C)CCCC5(C)C6CCC(C(C)C)CC6CCC45)CCCC23C)C1. The number of hydrogen-bond donors (Lipinski definition) is 2. The van der Waals surface area contributed by atoms with Crippen LogP contribution in [-0.4, -0.2) is 74.0 Å². The summed E-state index contributed by atoms with van der Waals surface area (Å²) < 4.78 is 23.1. The summed E-state index contributed by atoms with van der Waals surface area (Å²) in [7, 11) is 0. The molecule has 57 heavy (non-hydrogen) atoms. The van der Waals surface area contributed by atoms with Gasteiger partial charge in [0.25, 0.3) is 0 Å². The Labute approximate surface area is 347 Å². The molecule has 0 spiro atoms. The molecular weight excluding hydrogens is 717 g/mol. The van der Waals surface area contributed by atoms with Crippen molar-refractivity contribution in [3.63, 3.8) is 0 Å². The molecule has 0 aromatic heterocycles. The van der Waals surface area contributed by atoms with Crippen molar-refractivity contribution in [2.45, 2.75) is 177 Å². The van der Waals surface area contributed by atoms with Gasteiger partial charge < -0.3 is 29.2 Å². The number of ether oxygens (including phenoxy) is 4. The number of carbonyl (C=O) groups excluding carboxylic acids is 2. The van der Waals surface area contributed by atoms with Crippen molar-refractivity contribution in [3.8, 4) is 0 Å². The van der Waals surface area contributed by atoms with Gasteiger partial charge in [-0.2, -0.15) is 0 Å². The van der Waals surface area contributed by atoms with E-state index in [0.717, 1.165) is 74.0 Å².